The summed E-state index contributed by atoms with van der Waals surface area (Å²) in [5.74, 6) is 0.510. The Morgan fingerprint density at radius 1 is 1.17 bits per heavy atom. The smallest absolute Gasteiger partial charge is 0.232 e. The van der Waals surface area contributed by atoms with Crippen molar-refractivity contribution >= 4 is 21.6 Å². The fourth-order valence-electron chi connectivity index (χ4n) is 3.06. The highest BCUT2D eigenvalue weighted by atomic mass is 32.2. The van der Waals surface area contributed by atoms with Crippen molar-refractivity contribution in [1.29, 1.82) is 0 Å². The van der Waals surface area contributed by atoms with Crippen LogP contribution in [0.25, 0.3) is 0 Å². The molecule has 0 unspecified atom stereocenters. The fraction of sp³-hybridized carbons (Fsp3) is 0.350. The van der Waals surface area contributed by atoms with Crippen molar-refractivity contribution in [2.75, 3.05) is 23.9 Å². The van der Waals surface area contributed by atoms with Crippen LogP contribution < -0.4 is 19.1 Å². The van der Waals surface area contributed by atoms with E-state index in [0.29, 0.717) is 23.6 Å². The number of rotatable bonds is 8. The number of halogens is 1. The number of fused-ring (bicyclic) bond motifs is 1. The third kappa shape index (κ3) is 5.38. The number of anilines is 1. The summed E-state index contributed by atoms with van der Waals surface area (Å²) in [5, 5.41) is 2.84. The maximum atomic E-state index is 13.0. The molecule has 0 saturated heterocycles. The van der Waals surface area contributed by atoms with Crippen LogP contribution >= 0.6 is 0 Å². The van der Waals surface area contributed by atoms with Gasteiger partial charge in [-0.3, -0.25) is 9.10 Å². The van der Waals surface area contributed by atoms with Crippen molar-refractivity contribution in [2.45, 2.75) is 25.8 Å². The first-order valence-corrected chi connectivity index (χ1v) is 11.0. The molecular weight excluding hydrogens is 399 g/mol. The first-order chi connectivity index (χ1) is 13.7. The lowest BCUT2D eigenvalue weighted by atomic mass is 10.1. The second-order valence-corrected chi connectivity index (χ2v) is 8.72. The van der Waals surface area contributed by atoms with Crippen molar-refractivity contribution < 1.29 is 27.1 Å². The van der Waals surface area contributed by atoms with Gasteiger partial charge in [0.1, 0.15) is 5.82 Å². The van der Waals surface area contributed by atoms with Gasteiger partial charge in [-0.2, -0.15) is 0 Å². The number of nitrogens with one attached hydrogen (secondary N) is 1. The molecule has 156 valence electrons. The minimum Gasteiger partial charge on any atom is -0.454 e. The normalized spacial score (nSPS) is 13.8. The number of nitrogens with zero attached hydrogens (tertiary/aromatic N) is 1. The Labute approximate surface area is 169 Å². The van der Waals surface area contributed by atoms with Crippen LogP contribution in [0.15, 0.2) is 42.5 Å². The Kier molecular flexibility index (Phi) is 6.26. The number of hydrogen-bond acceptors (Lipinski definition) is 5. The summed E-state index contributed by atoms with van der Waals surface area (Å²) in [6.45, 7) is 2.06. The number of benzene rings is 2. The maximum absolute atomic E-state index is 13.0. The van der Waals surface area contributed by atoms with Gasteiger partial charge in [-0.15, -0.1) is 0 Å². The summed E-state index contributed by atoms with van der Waals surface area (Å²) >= 11 is 0. The van der Waals surface area contributed by atoms with Gasteiger partial charge in [0.25, 0.3) is 0 Å². The van der Waals surface area contributed by atoms with E-state index in [-0.39, 0.29) is 37.5 Å². The molecule has 0 aromatic heterocycles. The molecule has 1 N–H and O–H groups in total. The molecule has 0 spiro atoms. The van der Waals surface area contributed by atoms with Crippen molar-refractivity contribution in [3.8, 4) is 11.5 Å². The molecule has 3 rings (SSSR count). The van der Waals surface area contributed by atoms with E-state index in [2.05, 4.69) is 5.32 Å². The van der Waals surface area contributed by atoms with Crippen LogP contribution in [0.1, 0.15) is 31.4 Å². The lowest BCUT2D eigenvalue weighted by Crippen LogP contribution is -2.32. The van der Waals surface area contributed by atoms with Crippen LogP contribution in [0, 0.1) is 5.82 Å². The van der Waals surface area contributed by atoms with Gasteiger partial charge in [-0.05, 0) is 43.2 Å². The minimum absolute atomic E-state index is 0.101. The zero-order valence-corrected chi connectivity index (χ0v) is 17.0. The summed E-state index contributed by atoms with van der Waals surface area (Å²) in [6, 6.07) is 10.6. The van der Waals surface area contributed by atoms with Crippen molar-refractivity contribution in [2.24, 2.45) is 0 Å². The van der Waals surface area contributed by atoms with E-state index in [1.165, 1.54) is 16.4 Å². The maximum Gasteiger partial charge on any atom is 0.232 e. The summed E-state index contributed by atoms with van der Waals surface area (Å²) < 4.78 is 49.2. The molecule has 1 aliphatic heterocycles. The third-order valence-electron chi connectivity index (χ3n) is 4.56. The SMILES string of the molecule is C[C@@H](NC(=O)CCCN(c1ccc2c(c1)OCO2)S(C)(=O)=O)c1ccc(F)cc1. The number of hydrogen-bond donors (Lipinski definition) is 1. The summed E-state index contributed by atoms with van der Waals surface area (Å²) in [4.78, 5) is 12.2. The van der Waals surface area contributed by atoms with E-state index in [1.54, 1.807) is 37.3 Å². The average Bonchev–Trinajstić information content (AvgIpc) is 3.12. The molecule has 0 bridgehead atoms. The third-order valence-corrected chi connectivity index (χ3v) is 5.75. The molecule has 0 fully saturated rings. The summed E-state index contributed by atoms with van der Waals surface area (Å²) in [7, 11) is -3.53. The first kappa shape index (κ1) is 20.9. The minimum atomic E-state index is -3.53. The van der Waals surface area contributed by atoms with Gasteiger partial charge in [0, 0.05) is 19.0 Å². The molecule has 0 radical (unpaired) electrons. The highest BCUT2D eigenvalue weighted by Crippen LogP contribution is 2.36. The predicted octanol–water partition coefficient (Wildman–Crippen LogP) is 2.98. The second kappa shape index (κ2) is 8.69. The molecular formula is C20H23FN2O5S. The molecule has 2 aromatic rings. The zero-order chi connectivity index (χ0) is 21.0. The lowest BCUT2D eigenvalue weighted by Gasteiger charge is -2.22. The highest BCUT2D eigenvalue weighted by molar-refractivity contribution is 7.92. The van der Waals surface area contributed by atoms with Gasteiger partial charge in [0.2, 0.25) is 22.7 Å². The van der Waals surface area contributed by atoms with Gasteiger partial charge in [0.05, 0.1) is 18.0 Å². The van der Waals surface area contributed by atoms with Gasteiger partial charge in [-0.25, -0.2) is 12.8 Å². The van der Waals surface area contributed by atoms with Crippen LogP contribution in [0.5, 0.6) is 11.5 Å². The molecule has 0 aliphatic carbocycles. The fourth-order valence-corrected chi connectivity index (χ4v) is 4.02. The summed E-state index contributed by atoms with van der Waals surface area (Å²) in [5.41, 5.74) is 1.25. The largest absolute Gasteiger partial charge is 0.454 e. The molecule has 1 heterocycles. The first-order valence-electron chi connectivity index (χ1n) is 9.16. The Morgan fingerprint density at radius 2 is 1.86 bits per heavy atom. The number of sulfonamides is 1. The van der Waals surface area contributed by atoms with Gasteiger partial charge in [0.15, 0.2) is 11.5 Å². The topological polar surface area (TPSA) is 84.9 Å². The van der Waals surface area contributed by atoms with Gasteiger partial charge in [-0.1, -0.05) is 12.1 Å². The van der Waals surface area contributed by atoms with Crippen LogP contribution in [0.2, 0.25) is 0 Å². The second-order valence-electron chi connectivity index (χ2n) is 6.82. The summed E-state index contributed by atoms with van der Waals surface area (Å²) in [6.07, 6.45) is 1.61. The quantitative estimate of drug-likeness (QED) is 0.707. The zero-order valence-electron chi connectivity index (χ0n) is 16.2. The van der Waals surface area contributed by atoms with Crippen LogP contribution in [-0.2, 0) is 14.8 Å². The van der Waals surface area contributed by atoms with Crippen molar-refractivity contribution in [3.05, 3.63) is 53.8 Å². The Balaban J connectivity index is 1.57. The van der Waals surface area contributed by atoms with Crippen LogP contribution in [0.4, 0.5) is 10.1 Å². The van der Waals surface area contributed by atoms with E-state index in [4.69, 9.17) is 9.47 Å². The molecule has 1 amide bonds. The van der Waals surface area contributed by atoms with E-state index in [0.717, 1.165) is 11.8 Å². The van der Waals surface area contributed by atoms with Gasteiger partial charge < -0.3 is 14.8 Å². The van der Waals surface area contributed by atoms with Crippen LogP contribution in [-0.4, -0.2) is 33.9 Å². The van der Waals surface area contributed by atoms with E-state index >= 15 is 0 Å². The molecule has 7 nitrogen and oxygen atoms in total. The monoisotopic (exact) mass is 422 g/mol. The molecule has 29 heavy (non-hydrogen) atoms. The van der Waals surface area contributed by atoms with E-state index < -0.39 is 10.0 Å². The number of ether oxygens (including phenoxy) is 2. The standard InChI is InChI=1S/C20H23FN2O5S/c1-14(15-5-7-16(21)8-6-15)22-20(24)4-3-11-23(29(2,25)26)17-9-10-18-19(12-17)28-13-27-18/h5-10,12,14H,3-4,11,13H2,1-2H3,(H,22,24)/t14-/m1/s1. The predicted molar refractivity (Wildman–Crippen MR) is 107 cm³/mol. The van der Waals surface area contributed by atoms with Crippen LogP contribution in [0.3, 0.4) is 0 Å². The lowest BCUT2D eigenvalue weighted by molar-refractivity contribution is -0.121. The Bertz CT molecular complexity index is 979. The average molecular weight is 422 g/mol. The molecule has 1 aliphatic rings. The van der Waals surface area contributed by atoms with E-state index in [1.807, 2.05) is 0 Å². The molecule has 9 heteroatoms. The number of carbonyl (C=O) groups is 1. The molecule has 2 aromatic carbocycles. The Morgan fingerprint density at radius 3 is 2.55 bits per heavy atom. The molecule has 1 atom stereocenters. The number of amides is 1. The van der Waals surface area contributed by atoms with E-state index in [9.17, 15) is 17.6 Å². The van der Waals surface area contributed by atoms with Crippen molar-refractivity contribution in [1.82, 2.24) is 5.32 Å². The molecule has 0 saturated carbocycles. The Hall–Kier alpha value is -2.81. The van der Waals surface area contributed by atoms with Crippen molar-refractivity contribution in [3.63, 3.8) is 0 Å². The highest BCUT2D eigenvalue weighted by Gasteiger charge is 2.21. The van der Waals surface area contributed by atoms with Gasteiger partial charge >= 0.3 is 0 Å². The number of carbonyl (C=O) groups excluding carboxylic acids is 1.